The topological polar surface area (TPSA) is 137 Å². The van der Waals surface area contributed by atoms with Gasteiger partial charge in [-0.15, -0.1) is 0 Å². The molecule has 0 radical (unpaired) electrons. The van der Waals surface area contributed by atoms with Crippen molar-refractivity contribution in [3.05, 3.63) is 45.8 Å². The van der Waals surface area contributed by atoms with Crippen molar-refractivity contribution in [3.8, 4) is 11.5 Å². The highest BCUT2D eigenvalue weighted by molar-refractivity contribution is 7.21. The lowest BCUT2D eigenvalue weighted by Crippen LogP contribution is -2.21. The number of ether oxygens (including phenoxy) is 2. The molecule has 0 atom stereocenters. The van der Waals surface area contributed by atoms with Crippen LogP contribution in [-0.4, -0.2) is 39.3 Å². The van der Waals surface area contributed by atoms with Crippen molar-refractivity contribution in [2.45, 2.75) is 38.0 Å². The number of fused-ring (bicyclic) bond motifs is 2. The van der Waals surface area contributed by atoms with Crippen molar-refractivity contribution in [1.82, 2.24) is 9.97 Å². The van der Waals surface area contributed by atoms with Crippen LogP contribution >= 0.6 is 11.3 Å². The van der Waals surface area contributed by atoms with E-state index in [4.69, 9.17) is 14.5 Å². The Balaban J connectivity index is 1.36. The zero-order valence-electron chi connectivity index (χ0n) is 17.7. The third-order valence-electron chi connectivity index (χ3n) is 6.16. The number of aliphatic carboxylic acids is 1. The number of nitro groups is 1. The van der Waals surface area contributed by atoms with Crippen LogP contribution in [0.3, 0.4) is 0 Å². The summed E-state index contributed by atoms with van der Waals surface area (Å²) >= 11 is 1.03. The van der Waals surface area contributed by atoms with Gasteiger partial charge < -0.3 is 19.9 Å². The summed E-state index contributed by atoms with van der Waals surface area (Å²) in [6.45, 7) is 0.796. The number of hydrogen-bond donors (Lipinski definition) is 2. The van der Waals surface area contributed by atoms with Gasteiger partial charge in [-0.3, -0.25) is 14.9 Å². The highest BCUT2D eigenvalue weighted by Gasteiger charge is 2.29. The normalized spacial score (nSPS) is 19.5. The summed E-state index contributed by atoms with van der Waals surface area (Å²) in [5.74, 6) is 1.60. The molecule has 172 valence electrons. The molecule has 33 heavy (non-hydrogen) atoms. The van der Waals surface area contributed by atoms with Crippen LogP contribution < -0.4 is 14.8 Å². The van der Waals surface area contributed by atoms with Gasteiger partial charge in [0.25, 0.3) is 0 Å². The zero-order chi connectivity index (χ0) is 22.9. The summed E-state index contributed by atoms with van der Waals surface area (Å²) in [7, 11) is 0. The minimum absolute atomic E-state index is 0.0184. The number of carboxylic acids is 1. The predicted molar refractivity (Wildman–Crippen MR) is 121 cm³/mol. The maximum absolute atomic E-state index is 11.3. The van der Waals surface area contributed by atoms with Crippen LogP contribution in [0.5, 0.6) is 11.5 Å². The molecule has 10 nitrogen and oxygen atoms in total. The lowest BCUT2D eigenvalue weighted by Gasteiger charge is -2.25. The fourth-order valence-corrected chi connectivity index (χ4v) is 5.21. The number of benzene rings is 1. The van der Waals surface area contributed by atoms with Gasteiger partial charge in [0.05, 0.1) is 16.2 Å². The molecular weight excluding hydrogens is 448 g/mol. The first-order valence-electron chi connectivity index (χ1n) is 10.8. The molecular formula is C22H22N4O6S. The van der Waals surface area contributed by atoms with E-state index >= 15 is 0 Å². The molecule has 2 N–H and O–H groups in total. The number of carbonyl (C=O) groups is 1. The highest BCUT2D eigenvalue weighted by Crippen LogP contribution is 2.39. The van der Waals surface area contributed by atoms with Crippen LogP contribution in [0.4, 0.5) is 10.8 Å². The number of anilines is 1. The molecule has 0 spiro atoms. The van der Waals surface area contributed by atoms with Gasteiger partial charge in [0, 0.05) is 18.5 Å². The number of nitrogens with zero attached hydrogens (tertiary/aromatic N) is 3. The van der Waals surface area contributed by atoms with E-state index in [1.54, 1.807) is 0 Å². The molecule has 3 aromatic rings. The maximum Gasteiger partial charge on any atom is 0.326 e. The third kappa shape index (κ3) is 4.40. The highest BCUT2D eigenvalue weighted by atomic mass is 32.1. The van der Waals surface area contributed by atoms with Crippen LogP contribution in [0, 0.1) is 16.0 Å². The van der Waals surface area contributed by atoms with Gasteiger partial charge in [-0.05, 0) is 61.1 Å². The monoisotopic (exact) mass is 470 g/mol. The lowest BCUT2D eigenvalue weighted by molar-refractivity contribution is -0.380. The first-order chi connectivity index (χ1) is 16.0. The van der Waals surface area contributed by atoms with Crippen molar-refractivity contribution in [2.24, 2.45) is 5.92 Å². The summed E-state index contributed by atoms with van der Waals surface area (Å²) in [6.07, 6.45) is 3.24. The predicted octanol–water partition coefficient (Wildman–Crippen LogP) is 4.34. The van der Waals surface area contributed by atoms with Crippen LogP contribution in [-0.2, 0) is 11.2 Å². The minimum atomic E-state index is -0.760. The minimum Gasteiger partial charge on any atom is -0.481 e. The molecule has 0 amide bonds. The molecule has 3 heterocycles. The van der Waals surface area contributed by atoms with Crippen LogP contribution in [0.15, 0.2) is 24.3 Å². The number of aromatic nitrogens is 2. The van der Waals surface area contributed by atoms with Crippen molar-refractivity contribution in [1.29, 1.82) is 0 Å². The average Bonchev–Trinajstić information content (AvgIpc) is 3.46. The lowest BCUT2D eigenvalue weighted by atomic mass is 9.81. The smallest absolute Gasteiger partial charge is 0.326 e. The second-order valence-corrected chi connectivity index (χ2v) is 9.25. The van der Waals surface area contributed by atoms with Gasteiger partial charge in [0.15, 0.2) is 11.5 Å². The Labute approximate surface area is 192 Å². The molecule has 1 aliphatic heterocycles. The Bertz CT molecular complexity index is 1220. The maximum atomic E-state index is 11.3. The molecule has 1 saturated carbocycles. The Morgan fingerprint density at radius 1 is 1.18 bits per heavy atom. The van der Waals surface area contributed by atoms with E-state index in [-0.39, 0.29) is 23.6 Å². The molecule has 2 aromatic heterocycles. The Morgan fingerprint density at radius 3 is 2.73 bits per heavy atom. The first-order valence-corrected chi connectivity index (χ1v) is 11.6. The Kier molecular flexibility index (Phi) is 5.71. The molecule has 1 aromatic carbocycles. The average molecular weight is 471 g/mol. The standard InChI is InChI=1S/C22H22N4O6S/c27-22(28)14-4-2-13(3-5-14)19-24-20(15-10-18(26(29)30)33-21(15)25-19)23-8-7-12-1-6-16-17(9-12)32-11-31-16/h1,6,9-10,13-14H,2-5,7-8,11H2,(H,27,28)(H,23,24,25). The number of carboxylic acid groups (broad SMARTS) is 1. The van der Waals surface area contributed by atoms with Gasteiger partial charge in [0.1, 0.15) is 16.5 Å². The quantitative estimate of drug-likeness (QED) is 0.381. The second kappa shape index (κ2) is 8.81. The van der Waals surface area contributed by atoms with Gasteiger partial charge in [-0.2, -0.15) is 0 Å². The zero-order valence-corrected chi connectivity index (χ0v) is 18.5. The third-order valence-corrected chi connectivity index (χ3v) is 7.14. The summed E-state index contributed by atoms with van der Waals surface area (Å²) in [6, 6.07) is 7.32. The fourth-order valence-electron chi connectivity index (χ4n) is 4.35. The van der Waals surface area contributed by atoms with Crippen molar-refractivity contribution >= 4 is 38.3 Å². The van der Waals surface area contributed by atoms with E-state index in [0.717, 1.165) is 28.4 Å². The SMILES string of the molecule is O=C(O)C1CCC(c2nc(NCCc3ccc4c(c3)OCO4)c3cc([N+](=O)[O-])sc3n2)CC1. The largest absolute Gasteiger partial charge is 0.481 e. The second-order valence-electron chi connectivity index (χ2n) is 8.24. The van der Waals surface area contributed by atoms with Crippen LogP contribution in [0.2, 0.25) is 0 Å². The van der Waals surface area contributed by atoms with Gasteiger partial charge in [0.2, 0.25) is 6.79 Å². The molecule has 11 heteroatoms. The molecule has 1 fully saturated rings. The van der Waals surface area contributed by atoms with E-state index in [9.17, 15) is 20.0 Å². The van der Waals surface area contributed by atoms with Gasteiger partial charge in [-0.25, -0.2) is 9.97 Å². The first kappa shape index (κ1) is 21.4. The van der Waals surface area contributed by atoms with E-state index in [1.165, 1.54) is 6.07 Å². The number of nitrogens with one attached hydrogen (secondary N) is 1. The van der Waals surface area contributed by atoms with Crippen LogP contribution in [0.1, 0.15) is 43.0 Å². The molecule has 0 saturated heterocycles. The van der Waals surface area contributed by atoms with Gasteiger partial charge >= 0.3 is 11.0 Å². The molecule has 0 unspecified atom stereocenters. The number of thiophene rings is 1. The summed E-state index contributed by atoms with van der Waals surface area (Å²) in [5.41, 5.74) is 1.07. The molecule has 5 rings (SSSR count). The summed E-state index contributed by atoms with van der Waals surface area (Å²) < 4.78 is 10.8. The Morgan fingerprint density at radius 2 is 1.97 bits per heavy atom. The van der Waals surface area contributed by atoms with Crippen molar-refractivity contribution < 1.29 is 24.3 Å². The number of rotatable bonds is 7. The van der Waals surface area contributed by atoms with E-state index < -0.39 is 10.9 Å². The molecule has 1 aliphatic carbocycles. The van der Waals surface area contributed by atoms with Crippen molar-refractivity contribution in [3.63, 3.8) is 0 Å². The summed E-state index contributed by atoms with van der Waals surface area (Å²) in [4.78, 5) is 32.1. The van der Waals surface area contributed by atoms with E-state index in [2.05, 4.69) is 10.3 Å². The van der Waals surface area contributed by atoms with Gasteiger partial charge in [-0.1, -0.05) is 6.07 Å². The molecule has 2 aliphatic rings. The fraction of sp³-hybridized carbons (Fsp3) is 0.409. The van der Waals surface area contributed by atoms with Crippen LogP contribution in [0.25, 0.3) is 10.2 Å². The number of hydrogen-bond acceptors (Lipinski definition) is 9. The van der Waals surface area contributed by atoms with Crippen molar-refractivity contribution in [2.75, 3.05) is 18.7 Å². The van der Waals surface area contributed by atoms with E-state index in [1.807, 2.05) is 18.2 Å². The summed E-state index contributed by atoms with van der Waals surface area (Å²) in [5, 5.41) is 24.6. The molecule has 0 bridgehead atoms. The van der Waals surface area contributed by atoms with E-state index in [0.29, 0.717) is 60.5 Å². The Hall–Kier alpha value is -3.47.